The number of pyridine rings is 2. The van der Waals surface area contributed by atoms with Gasteiger partial charge >= 0.3 is 11.9 Å². The van der Waals surface area contributed by atoms with Crippen LogP contribution in [-0.4, -0.2) is 32.6 Å². The summed E-state index contributed by atoms with van der Waals surface area (Å²) < 4.78 is 34.2. The van der Waals surface area contributed by atoms with Crippen molar-refractivity contribution < 1.29 is 28.2 Å². The van der Waals surface area contributed by atoms with Crippen molar-refractivity contribution in [1.82, 2.24) is 9.55 Å². The highest BCUT2D eigenvalue weighted by atomic mass is 19.2. The van der Waals surface area contributed by atoms with Gasteiger partial charge in [0, 0.05) is 22.4 Å². The van der Waals surface area contributed by atoms with Crippen LogP contribution in [0.2, 0.25) is 0 Å². The number of fused-ring (bicyclic) bond motifs is 5. The van der Waals surface area contributed by atoms with Crippen molar-refractivity contribution in [1.29, 1.82) is 0 Å². The van der Waals surface area contributed by atoms with E-state index in [1.54, 1.807) is 19.1 Å². The van der Waals surface area contributed by atoms with Crippen LogP contribution in [0.5, 0.6) is 0 Å². The predicted molar refractivity (Wildman–Crippen MR) is 112 cm³/mol. The zero-order valence-electron chi connectivity index (χ0n) is 17.5. The lowest BCUT2D eigenvalue weighted by molar-refractivity contribution is -0.147. The second-order valence-electron chi connectivity index (χ2n) is 8.43. The fourth-order valence-corrected chi connectivity index (χ4v) is 4.96. The highest BCUT2D eigenvalue weighted by Crippen LogP contribution is 2.42. The Balaban J connectivity index is 1.80. The van der Waals surface area contributed by atoms with Crippen molar-refractivity contribution >= 4 is 22.8 Å². The first kappa shape index (κ1) is 21.2. The van der Waals surface area contributed by atoms with E-state index in [4.69, 9.17) is 10.5 Å². The molecule has 0 saturated carbocycles. The molecule has 2 aliphatic rings. The van der Waals surface area contributed by atoms with Crippen LogP contribution >= 0.6 is 0 Å². The number of aliphatic carboxylic acids is 1. The van der Waals surface area contributed by atoms with Crippen LogP contribution in [0.15, 0.2) is 29.1 Å². The fraction of sp³-hybridized carbons (Fsp3) is 0.304. The second-order valence-corrected chi connectivity index (χ2v) is 8.43. The van der Waals surface area contributed by atoms with E-state index < -0.39 is 40.6 Å². The van der Waals surface area contributed by atoms with E-state index >= 15 is 0 Å². The van der Waals surface area contributed by atoms with Gasteiger partial charge in [-0.2, -0.15) is 0 Å². The lowest BCUT2D eigenvalue weighted by Gasteiger charge is -2.35. The Kier molecular flexibility index (Phi) is 4.61. The molecule has 0 bridgehead atoms. The number of carboxylic acids is 1. The summed E-state index contributed by atoms with van der Waals surface area (Å²) in [5, 5.41) is 10.1. The first-order chi connectivity index (χ1) is 15.7. The van der Waals surface area contributed by atoms with Gasteiger partial charge in [0.25, 0.3) is 5.56 Å². The fourth-order valence-electron chi connectivity index (χ4n) is 4.96. The number of rotatable bonds is 3. The molecule has 0 fully saturated rings. The molecule has 0 amide bonds. The first-order valence-corrected chi connectivity index (χ1v) is 10.4. The average Bonchev–Trinajstić information content (AvgIpc) is 3.05. The molecule has 0 radical (unpaired) electrons. The number of esters is 1. The lowest BCUT2D eigenvalue weighted by atomic mass is 9.69. The van der Waals surface area contributed by atoms with E-state index in [0.717, 1.165) is 12.1 Å². The molecule has 2 aromatic heterocycles. The van der Waals surface area contributed by atoms with E-state index in [9.17, 15) is 28.3 Å². The molecule has 33 heavy (non-hydrogen) atoms. The first-order valence-electron chi connectivity index (χ1n) is 10.4. The largest absolute Gasteiger partial charge is 0.480 e. The zero-order valence-corrected chi connectivity index (χ0v) is 17.5. The highest BCUT2D eigenvalue weighted by molar-refractivity contribution is 5.85. The Morgan fingerprint density at radius 3 is 2.70 bits per heavy atom. The Morgan fingerprint density at radius 2 is 2.00 bits per heavy atom. The monoisotopic (exact) mass is 455 g/mol. The number of ether oxygens (including phenoxy) is 1. The minimum Gasteiger partial charge on any atom is -0.480 e. The van der Waals surface area contributed by atoms with Crippen LogP contribution in [0.3, 0.4) is 0 Å². The predicted octanol–water partition coefficient (Wildman–Crippen LogP) is 2.21. The molecule has 5 rings (SSSR count). The molecular weight excluding hydrogens is 436 g/mol. The Morgan fingerprint density at radius 1 is 1.27 bits per heavy atom. The summed E-state index contributed by atoms with van der Waals surface area (Å²) in [5.74, 6) is -3.99. The molecule has 0 saturated heterocycles. The molecule has 4 heterocycles. The average molecular weight is 455 g/mol. The maximum Gasteiger partial charge on any atom is 0.321 e. The Labute approximate surface area is 185 Å². The molecule has 2 unspecified atom stereocenters. The van der Waals surface area contributed by atoms with Crippen LogP contribution in [0.25, 0.3) is 22.3 Å². The van der Waals surface area contributed by atoms with Gasteiger partial charge in [-0.15, -0.1) is 0 Å². The van der Waals surface area contributed by atoms with E-state index in [1.807, 2.05) is 0 Å². The van der Waals surface area contributed by atoms with Crippen LogP contribution in [-0.2, 0) is 32.9 Å². The molecule has 2 aliphatic heterocycles. The second kappa shape index (κ2) is 7.17. The van der Waals surface area contributed by atoms with Gasteiger partial charge in [-0.3, -0.25) is 14.4 Å². The Hall–Kier alpha value is -3.66. The quantitative estimate of drug-likeness (QED) is 0.454. The van der Waals surface area contributed by atoms with Gasteiger partial charge in [0.15, 0.2) is 11.6 Å². The highest BCUT2D eigenvalue weighted by Gasteiger charge is 2.47. The number of hydrogen-bond donors (Lipinski definition) is 2. The number of hydrogen-bond acceptors (Lipinski definition) is 6. The van der Waals surface area contributed by atoms with E-state index in [1.165, 1.54) is 4.57 Å². The zero-order chi connectivity index (χ0) is 23.7. The topological polar surface area (TPSA) is 125 Å². The molecule has 2 atom stereocenters. The molecule has 170 valence electrons. The SMILES string of the molecule is CCC1(C(N)C(=O)O)CC(=O)OCc2c1cc1n(c2=O)Cc2cc3cc(F)c(F)cc3nc2-1. The third-order valence-electron chi connectivity index (χ3n) is 6.77. The summed E-state index contributed by atoms with van der Waals surface area (Å²) >= 11 is 0. The third kappa shape index (κ3) is 2.97. The van der Waals surface area contributed by atoms with Gasteiger partial charge in [0.2, 0.25) is 0 Å². The van der Waals surface area contributed by atoms with Gasteiger partial charge < -0.3 is 20.1 Å². The number of nitrogens with two attached hydrogens (primary N) is 1. The van der Waals surface area contributed by atoms with Gasteiger partial charge in [-0.25, -0.2) is 13.8 Å². The summed E-state index contributed by atoms with van der Waals surface area (Å²) in [6, 6.07) is 3.85. The summed E-state index contributed by atoms with van der Waals surface area (Å²) in [6.45, 7) is 1.54. The van der Waals surface area contributed by atoms with Crippen LogP contribution < -0.4 is 11.3 Å². The molecule has 10 heteroatoms. The molecule has 3 N–H and O–H groups in total. The molecule has 0 spiro atoms. The van der Waals surface area contributed by atoms with Gasteiger partial charge in [0.1, 0.15) is 12.6 Å². The number of carboxylic acid groups (broad SMARTS) is 1. The standard InChI is InChI=1S/C23H19F2N3O5/c1-2-23(20(26)22(31)32)7-18(29)33-9-12-13(23)5-17-19-11(8-28(17)21(12)30)3-10-4-14(24)15(25)6-16(10)27-19/h3-6,20H,2,7-9,26H2,1H3,(H,31,32). The van der Waals surface area contributed by atoms with Crippen molar-refractivity contribution in [2.75, 3.05) is 0 Å². The van der Waals surface area contributed by atoms with Crippen molar-refractivity contribution in [2.24, 2.45) is 5.73 Å². The van der Waals surface area contributed by atoms with Crippen molar-refractivity contribution in [3.63, 3.8) is 0 Å². The van der Waals surface area contributed by atoms with Crippen LogP contribution in [0.1, 0.15) is 36.5 Å². The van der Waals surface area contributed by atoms with Crippen LogP contribution in [0.4, 0.5) is 8.78 Å². The normalized spacial score (nSPS) is 19.9. The molecule has 3 aromatic rings. The van der Waals surface area contributed by atoms with Crippen molar-refractivity contribution in [3.8, 4) is 11.4 Å². The summed E-state index contributed by atoms with van der Waals surface area (Å²) in [4.78, 5) is 42.2. The van der Waals surface area contributed by atoms with Crippen molar-refractivity contribution in [2.45, 2.75) is 44.4 Å². The van der Waals surface area contributed by atoms with Gasteiger partial charge in [-0.05, 0) is 30.2 Å². The van der Waals surface area contributed by atoms with Crippen LogP contribution in [0, 0.1) is 11.6 Å². The number of carbonyl (C=O) groups is 2. The molecule has 1 aromatic carbocycles. The number of cyclic esters (lactones) is 1. The number of carbonyl (C=O) groups excluding carboxylic acids is 1. The molecular formula is C23H19F2N3O5. The number of nitrogens with zero attached hydrogens (tertiary/aromatic N) is 2. The lowest BCUT2D eigenvalue weighted by Crippen LogP contribution is -2.52. The Bertz CT molecular complexity index is 1430. The molecule has 8 nitrogen and oxygen atoms in total. The summed E-state index contributed by atoms with van der Waals surface area (Å²) in [6.07, 6.45) is -0.122. The number of aromatic nitrogens is 2. The maximum absolute atomic E-state index is 13.8. The third-order valence-corrected chi connectivity index (χ3v) is 6.77. The van der Waals surface area contributed by atoms with Gasteiger partial charge in [-0.1, -0.05) is 6.92 Å². The smallest absolute Gasteiger partial charge is 0.321 e. The number of benzene rings is 1. The van der Waals surface area contributed by atoms with Crippen molar-refractivity contribution in [3.05, 3.63) is 62.9 Å². The molecule has 0 aliphatic carbocycles. The minimum absolute atomic E-state index is 0.136. The maximum atomic E-state index is 13.8. The van der Waals surface area contributed by atoms with E-state index in [-0.39, 0.29) is 37.1 Å². The van der Waals surface area contributed by atoms with Gasteiger partial charge in [0.05, 0.1) is 35.4 Å². The number of halogens is 2. The van der Waals surface area contributed by atoms with E-state index in [0.29, 0.717) is 27.9 Å². The summed E-state index contributed by atoms with van der Waals surface area (Å²) in [5.41, 5.74) is 6.40. The minimum atomic E-state index is -1.46. The summed E-state index contributed by atoms with van der Waals surface area (Å²) in [7, 11) is 0. The van der Waals surface area contributed by atoms with E-state index in [2.05, 4.69) is 4.98 Å².